The van der Waals surface area contributed by atoms with E-state index in [1.165, 1.54) is 4.88 Å². The summed E-state index contributed by atoms with van der Waals surface area (Å²) in [4.78, 5) is 27.3. The minimum Gasteiger partial charge on any atom is -0.359 e. The molecular weight excluding hydrogens is 308 g/mol. The van der Waals surface area contributed by atoms with Gasteiger partial charge in [-0.25, -0.2) is 0 Å². The summed E-state index contributed by atoms with van der Waals surface area (Å²) in [7, 11) is 1.66. The summed E-state index contributed by atoms with van der Waals surface area (Å²) in [6, 6.07) is 11.9. The van der Waals surface area contributed by atoms with Gasteiger partial charge in [-0.2, -0.15) is 0 Å². The van der Waals surface area contributed by atoms with Crippen molar-refractivity contribution in [2.45, 2.75) is 12.8 Å². The molecule has 0 aliphatic carbocycles. The Morgan fingerprint density at radius 3 is 2.39 bits per heavy atom. The maximum atomic E-state index is 12.6. The van der Waals surface area contributed by atoms with Gasteiger partial charge in [-0.05, 0) is 42.0 Å². The van der Waals surface area contributed by atoms with E-state index in [1.807, 2.05) is 40.6 Å². The molecule has 1 aliphatic heterocycles. The van der Waals surface area contributed by atoms with Gasteiger partial charge in [-0.1, -0.05) is 18.2 Å². The lowest BCUT2D eigenvalue weighted by atomic mass is 9.95. The largest absolute Gasteiger partial charge is 0.359 e. The van der Waals surface area contributed by atoms with Crippen LogP contribution in [0.25, 0.3) is 10.4 Å². The molecular formula is C18H20N2O2S. The lowest BCUT2D eigenvalue weighted by Crippen LogP contribution is -2.42. The fourth-order valence-corrected chi connectivity index (χ4v) is 3.68. The smallest absolute Gasteiger partial charge is 0.253 e. The Hall–Kier alpha value is -2.14. The normalized spacial score (nSPS) is 15.4. The number of hydrogen-bond donors (Lipinski definition) is 1. The van der Waals surface area contributed by atoms with E-state index < -0.39 is 0 Å². The monoisotopic (exact) mass is 328 g/mol. The van der Waals surface area contributed by atoms with E-state index >= 15 is 0 Å². The molecule has 5 heteroatoms. The first kappa shape index (κ1) is 15.7. The van der Waals surface area contributed by atoms with E-state index in [0.29, 0.717) is 18.7 Å². The van der Waals surface area contributed by atoms with Crippen molar-refractivity contribution in [3.05, 3.63) is 47.3 Å². The van der Waals surface area contributed by atoms with Crippen LogP contribution in [0, 0.1) is 5.92 Å². The summed E-state index contributed by atoms with van der Waals surface area (Å²) < 4.78 is 0. The standard InChI is InChI=1S/C18H20N2O2S/c1-19-17(21)14-8-10-20(11-9-14)18(22)15-6-4-13(5-7-15)16-3-2-12-23-16/h2-7,12,14H,8-11H2,1H3,(H,19,21). The molecule has 2 amide bonds. The molecule has 0 bridgehead atoms. The number of nitrogens with one attached hydrogen (secondary N) is 1. The van der Waals surface area contributed by atoms with E-state index in [-0.39, 0.29) is 17.7 Å². The molecule has 23 heavy (non-hydrogen) atoms. The molecule has 2 aromatic rings. The summed E-state index contributed by atoms with van der Waals surface area (Å²) in [5, 5.41) is 4.74. The second-order valence-electron chi connectivity index (χ2n) is 5.74. The molecule has 3 rings (SSSR count). The number of thiophene rings is 1. The van der Waals surface area contributed by atoms with Gasteiger partial charge in [0, 0.05) is 36.5 Å². The predicted octanol–water partition coefficient (Wildman–Crippen LogP) is 3.01. The third-order valence-corrected chi connectivity index (χ3v) is 5.26. The van der Waals surface area contributed by atoms with Crippen molar-refractivity contribution in [2.24, 2.45) is 5.92 Å². The molecule has 0 atom stereocenters. The first-order valence-corrected chi connectivity index (χ1v) is 8.72. The summed E-state index contributed by atoms with van der Waals surface area (Å²) >= 11 is 1.69. The van der Waals surface area contributed by atoms with Crippen LogP contribution in [0.4, 0.5) is 0 Å². The first-order valence-electron chi connectivity index (χ1n) is 7.84. The second-order valence-corrected chi connectivity index (χ2v) is 6.68. The number of hydrogen-bond acceptors (Lipinski definition) is 3. The molecule has 1 aromatic carbocycles. The number of piperidine rings is 1. The molecule has 1 N–H and O–H groups in total. The highest BCUT2D eigenvalue weighted by Crippen LogP contribution is 2.25. The van der Waals surface area contributed by atoms with Gasteiger partial charge in [0.25, 0.3) is 5.91 Å². The van der Waals surface area contributed by atoms with Crippen LogP contribution in [0.5, 0.6) is 0 Å². The van der Waals surface area contributed by atoms with Crippen LogP contribution in [-0.2, 0) is 4.79 Å². The zero-order chi connectivity index (χ0) is 16.2. The molecule has 0 radical (unpaired) electrons. The molecule has 0 spiro atoms. The van der Waals surface area contributed by atoms with E-state index in [0.717, 1.165) is 18.4 Å². The van der Waals surface area contributed by atoms with Gasteiger partial charge in [0.1, 0.15) is 0 Å². The molecule has 4 nitrogen and oxygen atoms in total. The molecule has 1 fully saturated rings. The van der Waals surface area contributed by atoms with E-state index in [9.17, 15) is 9.59 Å². The van der Waals surface area contributed by atoms with Crippen molar-refractivity contribution in [3.63, 3.8) is 0 Å². The summed E-state index contributed by atoms with van der Waals surface area (Å²) in [6.07, 6.45) is 1.47. The van der Waals surface area contributed by atoms with Gasteiger partial charge in [0.2, 0.25) is 5.91 Å². The zero-order valence-electron chi connectivity index (χ0n) is 13.1. The predicted molar refractivity (Wildman–Crippen MR) is 92.4 cm³/mol. The van der Waals surface area contributed by atoms with Crippen LogP contribution in [0.1, 0.15) is 23.2 Å². The summed E-state index contributed by atoms with van der Waals surface area (Å²) in [5.74, 6) is 0.167. The Morgan fingerprint density at radius 1 is 1.13 bits per heavy atom. The van der Waals surface area contributed by atoms with Crippen LogP contribution in [0.15, 0.2) is 41.8 Å². The third kappa shape index (κ3) is 3.45. The van der Waals surface area contributed by atoms with Crippen LogP contribution < -0.4 is 5.32 Å². The lowest BCUT2D eigenvalue weighted by molar-refractivity contribution is -0.125. The Labute approximate surface area is 140 Å². The van der Waals surface area contributed by atoms with Crippen LogP contribution in [-0.4, -0.2) is 36.9 Å². The van der Waals surface area contributed by atoms with Crippen molar-refractivity contribution in [3.8, 4) is 10.4 Å². The number of carbonyl (C=O) groups is 2. The average Bonchev–Trinajstić information content (AvgIpc) is 3.15. The highest BCUT2D eigenvalue weighted by Gasteiger charge is 2.27. The first-order chi connectivity index (χ1) is 11.2. The number of likely N-dealkylation sites (tertiary alicyclic amines) is 1. The molecule has 120 valence electrons. The van der Waals surface area contributed by atoms with Crippen LogP contribution in [0.2, 0.25) is 0 Å². The molecule has 0 unspecified atom stereocenters. The SMILES string of the molecule is CNC(=O)C1CCN(C(=O)c2ccc(-c3cccs3)cc2)CC1. The minimum absolute atomic E-state index is 0.0326. The van der Waals surface area contributed by atoms with Crippen LogP contribution in [0.3, 0.4) is 0 Å². The molecule has 0 saturated carbocycles. The maximum absolute atomic E-state index is 12.6. The van der Waals surface area contributed by atoms with Gasteiger partial charge >= 0.3 is 0 Å². The molecule has 1 aliphatic rings. The van der Waals surface area contributed by atoms with E-state index in [2.05, 4.69) is 11.4 Å². The number of carbonyl (C=O) groups excluding carboxylic acids is 2. The Balaban J connectivity index is 1.64. The highest BCUT2D eigenvalue weighted by molar-refractivity contribution is 7.13. The van der Waals surface area contributed by atoms with Gasteiger partial charge in [0.15, 0.2) is 0 Å². The highest BCUT2D eigenvalue weighted by atomic mass is 32.1. The van der Waals surface area contributed by atoms with Crippen LogP contribution >= 0.6 is 11.3 Å². The molecule has 1 saturated heterocycles. The lowest BCUT2D eigenvalue weighted by Gasteiger charge is -2.31. The van der Waals surface area contributed by atoms with Crippen molar-refractivity contribution in [1.29, 1.82) is 0 Å². The topological polar surface area (TPSA) is 49.4 Å². The van der Waals surface area contributed by atoms with Gasteiger partial charge in [-0.15, -0.1) is 11.3 Å². The Morgan fingerprint density at radius 2 is 1.83 bits per heavy atom. The number of amides is 2. The molecule has 1 aromatic heterocycles. The number of benzene rings is 1. The second kappa shape index (κ2) is 6.96. The van der Waals surface area contributed by atoms with E-state index in [4.69, 9.17) is 0 Å². The molecule has 2 heterocycles. The van der Waals surface area contributed by atoms with Gasteiger partial charge < -0.3 is 10.2 Å². The van der Waals surface area contributed by atoms with Crippen molar-refractivity contribution in [1.82, 2.24) is 10.2 Å². The average molecular weight is 328 g/mol. The Kier molecular flexibility index (Phi) is 4.76. The van der Waals surface area contributed by atoms with Gasteiger partial charge in [-0.3, -0.25) is 9.59 Å². The third-order valence-electron chi connectivity index (χ3n) is 4.34. The van der Waals surface area contributed by atoms with E-state index in [1.54, 1.807) is 18.4 Å². The summed E-state index contributed by atoms with van der Waals surface area (Å²) in [6.45, 7) is 1.28. The fourth-order valence-electron chi connectivity index (χ4n) is 2.95. The quantitative estimate of drug-likeness (QED) is 0.941. The summed E-state index contributed by atoms with van der Waals surface area (Å²) in [5.41, 5.74) is 1.85. The van der Waals surface area contributed by atoms with Crippen molar-refractivity contribution >= 4 is 23.2 Å². The zero-order valence-corrected chi connectivity index (χ0v) is 13.9. The number of nitrogens with zero attached hydrogens (tertiary/aromatic N) is 1. The fraction of sp³-hybridized carbons (Fsp3) is 0.333. The van der Waals surface area contributed by atoms with Crippen molar-refractivity contribution < 1.29 is 9.59 Å². The van der Waals surface area contributed by atoms with Crippen molar-refractivity contribution in [2.75, 3.05) is 20.1 Å². The number of rotatable bonds is 3. The minimum atomic E-state index is 0.0326. The maximum Gasteiger partial charge on any atom is 0.253 e. The Bertz CT molecular complexity index is 672. The van der Waals surface area contributed by atoms with Gasteiger partial charge in [0.05, 0.1) is 0 Å².